The predicted molar refractivity (Wildman–Crippen MR) is 131 cm³/mol. The van der Waals surface area contributed by atoms with Gasteiger partial charge in [0.15, 0.2) is 0 Å². The van der Waals surface area contributed by atoms with E-state index in [1.807, 2.05) is 32.9 Å². The lowest BCUT2D eigenvalue weighted by atomic mass is 10.2. The molecule has 0 bridgehead atoms. The van der Waals surface area contributed by atoms with Crippen LogP contribution in [-0.2, 0) is 9.16 Å². The number of benzene rings is 2. The standard InChI is InChI=1S/C26H37NO4Si/c1-25(2,3)31-24(29)27-20(17-18-23(27)28)19-30-32(26(4,5)6,21-13-9-7-10-14-21)22-15-11-8-12-16-22/h7-16,20,23,28H,17-19H2,1-6H3/t20?,23-/m0/s1. The first-order valence-corrected chi connectivity index (χ1v) is 13.3. The van der Waals surface area contributed by atoms with Gasteiger partial charge >= 0.3 is 6.09 Å². The highest BCUT2D eigenvalue weighted by Crippen LogP contribution is 2.37. The summed E-state index contributed by atoms with van der Waals surface area (Å²) in [5.74, 6) is 0. The molecule has 1 N–H and O–H groups in total. The molecule has 3 rings (SSSR count). The van der Waals surface area contributed by atoms with E-state index >= 15 is 0 Å². The normalized spacial score (nSPS) is 19.8. The van der Waals surface area contributed by atoms with Crippen molar-refractivity contribution in [1.82, 2.24) is 4.90 Å². The second-order valence-corrected chi connectivity index (χ2v) is 14.9. The molecule has 0 aromatic heterocycles. The minimum atomic E-state index is -2.71. The fourth-order valence-electron chi connectivity index (χ4n) is 4.59. The number of amides is 1. The van der Waals surface area contributed by atoms with E-state index < -0.39 is 26.2 Å². The third-order valence-electron chi connectivity index (χ3n) is 5.99. The Bertz CT molecular complexity index is 850. The van der Waals surface area contributed by atoms with E-state index in [1.165, 1.54) is 15.3 Å². The average Bonchev–Trinajstić information content (AvgIpc) is 3.08. The van der Waals surface area contributed by atoms with Crippen LogP contribution in [0.1, 0.15) is 54.4 Å². The molecule has 2 aromatic carbocycles. The molecule has 2 aromatic rings. The van der Waals surface area contributed by atoms with Gasteiger partial charge in [-0.1, -0.05) is 81.4 Å². The van der Waals surface area contributed by atoms with Crippen LogP contribution in [0.25, 0.3) is 0 Å². The highest BCUT2D eigenvalue weighted by Gasteiger charge is 2.51. The summed E-state index contributed by atoms with van der Waals surface area (Å²) in [6.07, 6.45) is -0.136. The number of nitrogens with zero attached hydrogens (tertiary/aromatic N) is 1. The summed E-state index contributed by atoms with van der Waals surface area (Å²) in [5.41, 5.74) is -0.622. The van der Waals surface area contributed by atoms with Crippen LogP contribution in [-0.4, -0.2) is 48.9 Å². The van der Waals surface area contributed by atoms with Crippen molar-refractivity contribution in [3.63, 3.8) is 0 Å². The molecule has 1 saturated heterocycles. The molecule has 1 unspecified atom stereocenters. The summed E-state index contributed by atoms with van der Waals surface area (Å²) in [7, 11) is -2.71. The molecule has 0 radical (unpaired) electrons. The summed E-state index contributed by atoms with van der Waals surface area (Å²) >= 11 is 0. The van der Waals surface area contributed by atoms with Gasteiger partial charge in [0.25, 0.3) is 8.32 Å². The van der Waals surface area contributed by atoms with Gasteiger partial charge < -0.3 is 14.3 Å². The van der Waals surface area contributed by atoms with Crippen molar-refractivity contribution in [3.05, 3.63) is 60.7 Å². The van der Waals surface area contributed by atoms with Crippen molar-refractivity contribution in [1.29, 1.82) is 0 Å². The number of rotatable bonds is 5. The summed E-state index contributed by atoms with van der Waals surface area (Å²) in [6, 6.07) is 20.6. The van der Waals surface area contributed by atoms with Gasteiger partial charge in [-0.15, -0.1) is 0 Å². The Balaban J connectivity index is 1.97. The maximum absolute atomic E-state index is 12.8. The van der Waals surface area contributed by atoms with E-state index in [2.05, 4.69) is 69.3 Å². The Labute approximate surface area is 193 Å². The second-order valence-electron chi connectivity index (χ2n) is 10.6. The summed E-state index contributed by atoms with van der Waals surface area (Å²) in [5, 5.41) is 12.8. The number of aliphatic hydroxyl groups excluding tert-OH is 1. The van der Waals surface area contributed by atoms with Gasteiger partial charge in [-0.05, 0) is 49.0 Å². The first-order valence-electron chi connectivity index (χ1n) is 11.4. The number of likely N-dealkylation sites (tertiary alicyclic amines) is 1. The average molecular weight is 456 g/mol. The Morgan fingerprint density at radius 1 is 0.938 bits per heavy atom. The molecule has 1 amide bonds. The topological polar surface area (TPSA) is 59.0 Å². The predicted octanol–water partition coefficient (Wildman–Crippen LogP) is 4.28. The van der Waals surface area contributed by atoms with E-state index in [9.17, 15) is 9.90 Å². The smallest absolute Gasteiger partial charge is 0.412 e. The fraction of sp³-hybridized carbons (Fsp3) is 0.500. The maximum Gasteiger partial charge on any atom is 0.412 e. The largest absolute Gasteiger partial charge is 0.444 e. The number of carbonyl (C=O) groups is 1. The Hall–Kier alpha value is -2.15. The highest BCUT2D eigenvalue weighted by atomic mass is 28.4. The summed E-state index contributed by atoms with van der Waals surface area (Å²) in [4.78, 5) is 14.3. The second kappa shape index (κ2) is 9.38. The van der Waals surface area contributed by atoms with Crippen molar-refractivity contribution in [3.8, 4) is 0 Å². The van der Waals surface area contributed by atoms with Crippen LogP contribution in [0.4, 0.5) is 4.79 Å². The SMILES string of the molecule is CC(C)(C)OC(=O)N1C(CO[Si](c2ccccc2)(c2ccccc2)C(C)(C)C)CC[C@@H]1O. The Kier molecular flexibility index (Phi) is 7.17. The number of carbonyl (C=O) groups excluding carboxylic acids is 1. The van der Waals surface area contributed by atoms with E-state index in [-0.39, 0.29) is 11.1 Å². The third-order valence-corrected chi connectivity index (χ3v) is 11.0. The number of aliphatic hydroxyl groups is 1. The zero-order valence-corrected chi connectivity index (χ0v) is 21.2. The maximum atomic E-state index is 12.8. The molecule has 1 aliphatic heterocycles. The zero-order valence-electron chi connectivity index (χ0n) is 20.2. The van der Waals surface area contributed by atoms with Gasteiger partial charge in [-0.25, -0.2) is 4.79 Å². The fourth-order valence-corrected chi connectivity index (χ4v) is 9.19. The molecule has 1 heterocycles. The molecule has 0 aliphatic carbocycles. The van der Waals surface area contributed by atoms with Gasteiger partial charge in [0.1, 0.15) is 11.8 Å². The molecule has 0 saturated carbocycles. The monoisotopic (exact) mass is 455 g/mol. The van der Waals surface area contributed by atoms with Gasteiger partial charge in [0, 0.05) is 0 Å². The number of ether oxygens (including phenoxy) is 1. The van der Waals surface area contributed by atoms with Crippen molar-refractivity contribution in [2.75, 3.05) is 6.61 Å². The lowest BCUT2D eigenvalue weighted by Gasteiger charge is -2.44. The van der Waals surface area contributed by atoms with Gasteiger partial charge in [0.05, 0.1) is 12.6 Å². The molecular weight excluding hydrogens is 418 g/mol. The molecule has 0 spiro atoms. The minimum Gasteiger partial charge on any atom is -0.444 e. The van der Waals surface area contributed by atoms with E-state index in [0.717, 1.165) is 0 Å². The number of hydrogen-bond acceptors (Lipinski definition) is 4. The van der Waals surface area contributed by atoms with Crippen LogP contribution in [0.3, 0.4) is 0 Å². The molecule has 1 fully saturated rings. The van der Waals surface area contributed by atoms with Crippen LogP contribution in [0.5, 0.6) is 0 Å². The first kappa shape index (κ1) is 24.5. The highest BCUT2D eigenvalue weighted by molar-refractivity contribution is 6.99. The molecule has 5 nitrogen and oxygen atoms in total. The van der Waals surface area contributed by atoms with Crippen molar-refractivity contribution < 1.29 is 19.1 Å². The molecule has 174 valence electrons. The van der Waals surface area contributed by atoms with Crippen LogP contribution in [0.2, 0.25) is 5.04 Å². The molecule has 6 heteroatoms. The summed E-state index contributed by atoms with van der Waals surface area (Å²) < 4.78 is 12.6. The molecule has 1 aliphatic rings. The Morgan fingerprint density at radius 3 is 1.88 bits per heavy atom. The van der Waals surface area contributed by atoms with Gasteiger partial charge in [0.2, 0.25) is 0 Å². The van der Waals surface area contributed by atoms with Crippen molar-refractivity contribution in [2.24, 2.45) is 0 Å². The lowest BCUT2D eigenvalue weighted by Crippen LogP contribution is -2.67. The van der Waals surface area contributed by atoms with E-state index in [1.54, 1.807) is 0 Å². The van der Waals surface area contributed by atoms with Gasteiger partial charge in [-0.3, -0.25) is 4.90 Å². The molecule has 32 heavy (non-hydrogen) atoms. The van der Waals surface area contributed by atoms with Crippen LogP contribution in [0, 0.1) is 0 Å². The summed E-state index contributed by atoms with van der Waals surface area (Å²) in [6.45, 7) is 12.5. The van der Waals surface area contributed by atoms with Crippen LogP contribution < -0.4 is 10.4 Å². The van der Waals surface area contributed by atoms with E-state index in [4.69, 9.17) is 9.16 Å². The van der Waals surface area contributed by atoms with Crippen molar-refractivity contribution in [2.45, 2.75) is 77.3 Å². The van der Waals surface area contributed by atoms with Crippen molar-refractivity contribution >= 4 is 24.8 Å². The Morgan fingerprint density at radius 2 is 1.44 bits per heavy atom. The lowest BCUT2D eigenvalue weighted by molar-refractivity contribution is -0.0294. The van der Waals surface area contributed by atoms with E-state index in [0.29, 0.717) is 19.4 Å². The zero-order chi connectivity index (χ0) is 23.6. The third kappa shape index (κ3) is 5.08. The first-order chi connectivity index (χ1) is 15.0. The minimum absolute atomic E-state index is 0.149. The van der Waals surface area contributed by atoms with Crippen LogP contribution >= 0.6 is 0 Å². The van der Waals surface area contributed by atoms with Gasteiger partial charge in [-0.2, -0.15) is 0 Å². The van der Waals surface area contributed by atoms with Crippen LogP contribution in [0.15, 0.2) is 60.7 Å². The quantitative estimate of drug-likeness (QED) is 0.684. The number of hydrogen-bond donors (Lipinski definition) is 1. The molecule has 2 atom stereocenters. The molecular formula is C26H37NO4Si.